The Hall–Kier alpha value is -2.80. The van der Waals surface area contributed by atoms with Crippen molar-refractivity contribution in [3.05, 3.63) is 76.8 Å². The van der Waals surface area contributed by atoms with Crippen LogP contribution in [0.2, 0.25) is 5.02 Å². The lowest BCUT2D eigenvalue weighted by molar-refractivity contribution is -0.198. The molecule has 1 spiro atoms. The molecule has 6 nitrogen and oxygen atoms in total. The molecule has 6 rings (SSSR count). The summed E-state index contributed by atoms with van der Waals surface area (Å²) in [6.07, 6.45) is 7.38. The number of carbonyl (C=O) groups excluding carboxylic acids is 1. The highest BCUT2D eigenvalue weighted by Gasteiger charge is 2.73. The van der Waals surface area contributed by atoms with E-state index in [1.807, 2.05) is 24.3 Å². The highest BCUT2D eigenvalue weighted by Crippen LogP contribution is 2.65. The second-order valence-electron chi connectivity index (χ2n) is 10.6. The first kappa shape index (κ1) is 23.6. The number of benzene rings is 2. The number of hydrogen-bond acceptors (Lipinski definition) is 5. The van der Waals surface area contributed by atoms with Gasteiger partial charge in [-0.15, -0.1) is 6.58 Å². The van der Waals surface area contributed by atoms with Crippen LogP contribution in [0, 0.1) is 0 Å². The first-order valence-electron chi connectivity index (χ1n) is 12.6. The van der Waals surface area contributed by atoms with Gasteiger partial charge in [0.15, 0.2) is 11.5 Å². The van der Waals surface area contributed by atoms with Crippen LogP contribution in [-0.2, 0) is 16.6 Å². The smallest absolute Gasteiger partial charge is 0.246 e. The van der Waals surface area contributed by atoms with Crippen molar-refractivity contribution < 1.29 is 19.7 Å². The molecule has 2 N–H and O–H groups in total. The van der Waals surface area contributed by atoms with E-state index < -0.39 is 17.1 Å². The maximum absolute atomic E-state index is 13.3. The summed E-state index contributed by atoms with van der Waals surface area (Å²) >= 11 is 5.98. The Balaban J connectivity index is 1.37. The third kappa shape index (κ3) is 3.14. The zero-order chi connectivity index (χ0) is 25.2. The lowest BCUT2D eigenvalue weighted by Crippen LogP contribution is -2.78. The second-order valence-corrected chi connectivity index (χ2v) is 11.0. The van der Waals surface area contributed by atoms with E-state index in [4.69, 9.17) is 16.3 Å². The molecule has 5 atom stereocenters. The summed E-state index contributed by atoms with van der Waals surface area (Å²) in [6, 6.07) is 10.7. The number of likely N-dealkylation sites (tertiary alicyclic amines) is 1. The molecule has 1 saturated heterocycles. The summed E-state index contributed by atoms with van der Waals surface area (Å²) in [7, 11) is 1.81. The molecular weight excluding hydrogens is 476 g/mol. The van der Waals surface area contributed by atoms with Gasteiger partial charge >= 0.3 is 0 Å². The fraction of sp³-hybridized carbons (Fsp3) is 0.414. The van der Waals surface area contributed by atoms with Gasteiger partial charge in [0.1, 0.15) is 6.10 Å². The van der Waals surface area contributed by atoms with Crippen molar-refractivity contribution in [2.45, 2.75) is 54.9 Å². The van der Waals surface area contributed by atoms with Crippen molar-refractivity contribution in [2.24, 2.45) is 0 Å². The summed E-state index contributed by atoms with van der Waals surface area (Å²) in [5.41, 5.74) is 1.28. The molecule has 0 unspecified atom stereocenters. The average molecular weight is 507 g/mol. The third-order valence-corrected chi connectivity index (χ3v) is 9.29. The molecule has 2 aromatic rings. The van der Waals surface area contributed by atoms with E-state index in [-0.39, 0.29) is 23.7 Å². The van der Waals surface area contributed by atoms with Crippen molar-refractivity contribution in [3.63, 3.8) is 0 Å². The lowest BCUT2D eigenvalue weighted by Gasteiger charge is -2.64. The number of aromatic hydroxyl groups is 1. The summed E-state index contributed by atoms with van der Waals surface area (Å²) in [5, 5.41) is 23.9. The van der Waals surface area contributed by atoms with Crippen LogP contribution in [0.15, 0.2) is 55.1 Å². The molecule has 2 aromatic carbocycles. The number of aliphatic hydroxyl groups is 1. The summed E-state index contributed by atoms with van der Waals surface area (Å²) < 4.78 is 6.55. The molecule has 7 heteroatoms. The maximum Gasteiger partial charge on any atom is 0.246 e. The normalized spacial score (nSPS) is 32.1. The number of amides is 1. The lowest BCUT2D eigenvalue weighted by atomic mass is 9.48. The number of halogens is 1. The summed E-state index contributed by atoms with van der Waals surface area (Å²) in [6.45, 7) is 5.44. The first-order chi connectivity index (χ1) is 17.3. The van der Waals surface area contributed by atoms with Crippen LogP contribution in [0.1, 0.15) is 36.0 Å². The van der Waals surface area contributed by atoms with Gasteiger partial charge in [0.05, 0.1) is 17.1 Å². The Kier molecular flexibility index (Phi) is 5.48. The van der Waals surface area contributed by atoms with E-state index in [1.165, 1.54) is 0 Å². The van der Waals surface area contributed by atoms with Gasteiger partial charge in [0, 0.05) is 36.3 Å². The Bertz CT molecular complexity index is 1260. The minimum absolute atomic E-state index is 0.0647. The van der Waals surface area contributed by atoms with E-state index in [9.17, 15) is 15.0 Å². The highest BCUT2D eigenvalue weighted by atomic mass is 35.5. The van der Waals surface area contributed by atoms with Crippen molar-refractivity contribution in [1.29, 1.82) is 0 Å². The predicted octanol–water partition coefficient (Wildman–Crippen LogP) is 3.93. The molecule has 4 aliphatic rings. The molecule has 2 bridgehead atoms. The zero-order valence-corrected chi connectivity index (χ0v) is 21.1. The Morgan fingerprint density at radius 3 is 2.81 bits per heavy atom. The number of piperidine rings is 1. The van der Waals surface area contributed by atoms with Crippen LogP contribution < -0.4 is 4.74 Å². The van der Waals surface area contributed by atoms with Crippen molar-refractivity contribution in [2.75, 3.05) is 20.1 Å². The maximum atomic E-state index is 13.3. The molecule has 0 radical (unpaired) electrons. The van der Waals surface area contributed by atoms with Gasteiger partial charge in [-0.25, -0.2) is 0 Å². The topological polar surface area (TPSA) is 73.2 Å². The van der Waals surface area contributed by atoms with Crippen molar-refractivity contribution >= 4 is 23.6 Å². The van der Waals surface area contributed by atoms with Crippen LogP contribution in [0.25, 0.3) is 6.08 Å². The SMILES string of the molecule is C=CCN1CC[C@]23c4c5ccc(O)c4O[C@H]2[C@@H](N(C)C(=O)C=Cc2ccc(Cl)cc2)CC[C@@]3(O)[C@H]1C5. The molecule has 36 heavy (non-hydrogen) atoms. The van der Waals surface area contributed by atoms with E-state index in [2.05, 4.69) is 11.5 Å². The molecule has 2 fully saturated rings. The van der Waals surface area contributed by atoms with Crippen LogP contribution in [0.5, 0.6) is 11.5 Å². The number of phenolic OH excluding ortho intramolecular Hbond substituents is 1. The van der Waals surface area contributed by atoms with Crippen LogP contribution in [-0.4, -0.2) is 69.8 Å². The molecule has 2 aliphatic carbocycles. The Morgan fingerprint density at radius 2 is 2.06 bits per heavy atom. The molecule has 1 saturated carbocycles. The van der Waals surface area contributed by atoms with Crippen LogP contribution in [0.3, 0.4) is 0 Å². The molecule has 1 amide bonds. The number of rotatable bonds is 5. The van der Waals surface area contributed by atoms with E-state index >= 15 is 0 Å². The molecule has 2 aliphatic heterocycles. The van der Waals surface area contributed by atoms with Crippen LogP contribution in [0.4, 0.5) is 0 Å². The van der Waals surface area contributed by atoms with Gasteiger partial charge in [-0.05, 0) is 67.6 Å². The minimum atomic E-state index is -1.01. The van der Waals surface area contributed by atoms with Gasteiger partial charge in [-0.3, -0.25) is 9.69 Å². The van der Waals surface area contributed by atoms with E-state index in [0.29, 0.717) is 43.0 Å². The monoisotopic (exact) mass is 506 g/mol. The quantitative estimate of drug-likeness (QED) is 0.475. The summed E-state index contributed by atoms with van der Waals surface area (Å²) in [5.74, 6) is 0.454. The number of ether oxygens (including phenoxy) is 1. The minimum Gasteiger partial charge on any atom is -0.504 e. The molecule has 188 valence electrons. The number of carbonyl (C=O) groups is 1. The summed E-state index contributed by atoms with van der Waals surface area (Å²) in [4.78, 5) is 17.4. The number of nitrogens with zero attached hydrogens (tertiary/aromatic N) is 2. The third-order valence-electron chi connectivity index (χ3n) is 9.04. The van der Waals surface area contributed by atoms with E-state index in [0.717, 1.165) is 23.2 Å². The fourth-order valence-electron chi connectivity index (χ4n) is 7.41. The average Bonchev–Trinajstić information content (AvgIpc) is 3.22. The second kappa shape index (κ2) is 8.37. The van der Waals surface area contributed by atoms with Gasteiger partial charge in [-0.1, -0.05) is 35.9 Å². The fourth-order valence-corrected chi connectivity index (χ4v) is 7.53. The van der Waals surface area contributed by atoms with Gasteiger partial charge in [-0.2, -0.15) is 0 Å². The zero-order valence-electron chi connectivity index (χ0n) is 20.4. The van der Waals surface area contributed by atoms with Crippen molar-refractivity contribution in [3.8, 4) is 11.5 Å². The standard InChI is InChI=1S/C29H31ClN2O4/c1-3-15-32-16-14-28-25-19-7-10-22(33)26(25)36-27(28)21(12-13-29(28,35)23(32)17-19)31(2)24(34)11-6-18-4-8-20(30)9-5-18/h3-11,21,23,27,33,35H,1,12-17H2,2H3/t21-,23+,27-,28-,29+/m0/s1. The molecular formula is C29H31ClN2O4. The van der Waals surface area contributed by atoms with Gasteiger partial charge in [0.25, 0.3) is 0 Å². The van der Waals surface area contributed by atoms with Gasteiger partial charge in [0.2, 0.25) is 5.91 Å². The first-order valence-corrected chi connectivity index (χ1v) is 13.0. The molecule has 2 heterocycles. The van der Waals surface area contributed by atoms with Crippen molar-refractivity contribution in [1.82, 2.24) is 9.80 Å². The largest absolute Gasteiger partial charge is 0.504 e. The van der Waals surface area contributed by atoms with E-state index in [1.54, 1.807) is 42.3 Å². The number of phenols is 1. The number of likely N-dealkylation sites (N-methyl/N-ethyl adjacent to an activating group) is 1. The number of hydrogen-bond donors (Lipinski definition) is 2. The Morgan fingerprint density at radius 1 is 1.28 bits per heavy atom. The molecule has 0 aromatic heterocycles. The van der Waals surface area contributed by atoms with Gasteiger partial charge < -0.3 is 19.8 Å². The van der Waals surface area contributed by atoms with Crippen LogP contribution >= 0.6 is 11.6 Å². The predicted molar refractivity (Wildman–Crippen MR) is 139 cm³/mol. The highest BCUT2D eigenvalue weighted by molar-refractivity contribution is 6.30. The Labute approximate surface area is 216 Å².